The molecule has 0 aliphatic carbocycles. The lowest BCUT2D eigenvalue weighted by molar-refractivity contribution is 0.367. The fourth-order valence-electron chi connectivity index (χ4n) is 2.39. The van der Waals surface area contributed by atoms with Crippen molar-refractivity contribution in [2.45, 2.75) is 19.8 Å². The normalized spacial score (nSPS) is 12.9. The number of benzene rings is 2. The number of hydrogen-bond acceptors (Lipinski definition) is 2. The van der Waals surface area contributed by atoms with Gasteiger partial charge >= 0.3 is 0 Å². The molecule has 0 aliphatic heterocycles. The Morgan fingerprint density at radius 1 is 1.05 bits per heavy atom. The van der Waals surface area contributed by atoms with E-state index in [0.717, 1.165) is 22.6 Å². The summed E-state index contributed by atoms with van der Waals surface area (Å²) in [4.78, 5) is 0. The van der Waals surface area contributed by atoms with Gasteiger partial charge in [-0.3, -0.25) is 0 Å². The van der Waals surface area contributed by atoms with Crippen LogP contribution in [0.15, 0.2) is 54.6 Å². The van der Waals surface area contributed by atoms with E-state index in [1.807, 2.05) is 24.3 Å². The summed E-state index contributed by atoms with van der Waals surface area (Å²) in [7, 11) is 3.40. The van der Waals surface area contributed by atoms with E-state index in [1.165, 1.54) is 5.56 Å². The smallest absolute Gasteiger partial charge is 0.122 e. The highest BCUT2D eigenvalue weighted by Crippen LogP contribution is 2.27. The van der Waals surface area contributed by atoms with E-state index in [2.05, 4.69) is 44.2 Å². The lowest BCUT2D eigenvalue weighted by atomic mass is 9.97. The fraction of sp³-hybridized carbons (Fsp3) is 0.263. The maximum absolute atomic E-state index is 5.60. The van der Waals surface area contributed by atoms with Gasteiger partial charge in [-0.1, -0.05) is 37.3 Å². The SMILES string of the molecule is CO/C(=C/C(C)c1ccccc1)c1ccc(OC)cc1C. The second-order valence-electron chi connectivity index (χ2n) is 5.12. The van der Waals surface area contributed by atoms with Gasteiger partial charge in [-0.2, -0.15) is 0 Å². The number of hydrogen-bond donors (Lipinski definition) is 0. The molecule has 0 aromatic heterocycles. The van der Waals surface area contributed by atoms with Crippen molar-refractivity contribution >= 4 is 5.76 Å². The van der Waals surface area contributed by atoms with Crippen molar-refractivity contribution in [3.63, 3.8) is 0 Å². The van der Waals surface area contributed by atoms with Crippen LogP contribution in [0.2, 0.25) is 0 Å². The minimum atomic E-state index is 0.294. The lowest BCUT2D eigenvalue weighted by Gasteiger charge is -2.14. The molecule has 0 fully saturated rings. The number of ether oxygens (including phenoxy) is 2. The average Bonchev–Trinajstić information content (AvgIpc) is 2.53. The number of allylic oxidation sites excluding steroid dienone is 1. The molecule has 1 unspecified atom stereocenters. The summed E-state index contributed by atoms with van der Waals surface area (Å²) in [6.07, 6.45) is 2.16. The Morgan fingerprint density at radius 3 is 2.33 bits per heavy atom. The van der Waals surface area contributed by atoms with Gasteiger partial charge in [-0.05, 0) is 42.3 Å². The van der Waals surface area contributed by atoms with Crippen molar-refractivity contribution in [2.75, 3.05) is 14.2 Å². The zero-order valence-corrected chi connectivity index (χ0v) is 13.1. The van der Waals surface area contributed by atoms with E-state index in [-0.39, 0.29) is 0 Å². The molecule has 1 atom stereocenters. The van der Waals surface area contributed by atoms with Crippen LogP contribution in [0.4, 0.5) is 0 Å². The third kappa shape index (κ3) is 3.66. The minimum absolute atomic E-state index is 0.294. The van der Waals surface area contributed by atoms with Gasteiger partial charge in [0.05, 0.1) is 14.2 Å². The molecule has 0 heterocycles. The molecule has 2 heteroatoms. The third-order valence-electron chi connectivity index (χ3n) is 3.65. The summed E-state index contributed by atoms with van der Waals surface area (Å²) >= 11 is 0. The van der Waals surface area contributed by atoms with Gasteiger partial charge < -0.3 is 9.47 Å². The second kappa shape index (κ2) is 6.98. The molecule has 0 bridgehead atoms. The summed E-state index contributed by atoms with van der Waals surface area (Å²) < 4.78 is 10.9. The molecule has 110 valence electrons. The highest BCUT2D eigenvalue weighted by molar-refractivity contribution is 5.64. The second-order valence-corrected chi connectivity index (χ2v) is 5.12. The highest BCUT2D eigenvalue weighted by Gasteiger charge is 2.10. The van der Waals surface area contributed by atoms with Crippen molar-refractivity contribution in [3.8, 4) is 5.75 Å². The van der Waals surface area contributed by atoms with Crippen LogP contribution in [0, 0.1) is 6.92 Å². The van der Waals surface area contributed by atoms with E-state index in [9.17, 15) is 0 Å². The Morgan fingerprint density at radius 2 is 1.76 bits per heavy atom. The lowest BCUT2D eigenvalue weighted by Crippen LogP contribution is -1.96. The van der Waals surface area contributed by atoms with Gasteiger partial charge in [0.25, 0.3) is 0 Å². The molecule has 0 N–H and O–H groups in total. The minimum Gasteiger partial charge on any atom is -0.497 e. The molecular weight excluding hydrogens is 260 g/mol. The number of aryl methyl sites for hydroxylation is 1. The third-order valence-corrected chi connectivity index (χ3v) is 3.65. The van der Waals surface area contributed by atoms with E-state index in [4.69, 9.17) is 9.47 Å². The molecule has 2 aromatic carbocycles. The molecule has 2 aromatic rings. The Bertz CT molecular complexity index is 615. The first-order chi connectivity index (χ1) is 10.2. The Balaban J connectivity index is 2.33. The quantitative estimate of drug-likeness (QED) is 0.734. The van der Waals surface area contributed by atoms with Crippen LogP contribution < -0.4 is 4.74 Å². The average molecular weight is 282 g/mol. The van der Waals surface area contributed by atoms with Crippen molar-refractivity contribution in [3.05, 3.63) is 71.3 Å². The van der Waals surface area contributed by atoms with Crippen molar-refractivity contribution < 1.29 is 9.47 Å². The molecule has 0 saturated carbocycles. The summed E-state index contributed by atoms with van der Waals surface area (Å²) in [6, 6.07) is 16.4. The molecule has 2 nitrogen and oxygen atoms in total. The van der Waals surface area contributed by atoms with Crippen molar-refractivity contribution in [1.82, 2.24) is 0 Å². The maximum Gasteiger partial charge on any atom is 0.122 e. The highest BCUT2D eigenvalue weighted by atomic mass is 16.5. The first kappa shape index (κ1) is 15.2. The number of rotatable bonds is 5. The monoisotopic (exact) mass is 282 g/mol. The van der Waals surface area contributed by atoms with Gasteiger partial charge in [0, 0.05) is 11.5 Å². The molecule has 0 radical (unpaired) electrons. The maximum atomic E-state index is 5.60. The first-order valence-electron chi connectivity index (χ1n) is 7.11. The molecule has 0 spiro atoms. The van der Waals surface area contributed by atoms with Crippen LogP contribution in [-0.2, 0) is 4.74 Å². The van der Waals surface area contributed by atoms with Crippen LogP contribution in [0.5, 0.6) is 5.75 Å². The van der Waals surface area contributed by atoms with Gasteiger partial charge in [0.15, 0.2) is 0 Å². The largest absolute Gasteiger partial charge is 0.497 e. The van der Waals surface area contributed by atoms with Crippen LogP contribution in [-0.4, -0.2) is 14.2 Å². The summed E-state index contributed by atoms with van der Waals surface area (Å²) in [6.45, 7) is 4.24. The Kier molecular flexibility index (Phi) is 5.04. The molecular formula is C19H22O2. The van der Waals surface area contributed by atoms with E-state index < -0.39 is 0 Å². The zero-order valence-electron chi connectivity index (χ0n) is 13.1. The van der Waals surface area contributed by atoms with Crippen LogP contribution in [0.1, 0.15) is 29.5 Å². The van der Waals surface area contributed by atoms with Crippen LogP contribution in [0.3, 0.4) is 0 Å². The Labute approximate surface area is 127 Å². The topological polar surface area (TPSA) is 18.5 Å². The molecule has 0 aliphatic rings. The van der Waals surface area contributed by atoms with Crippen molar-refractivity contribution in [2.24, 2.45) is 0 Å². The first-order valence-corrected chi connectivity index (χ1v) is 7.11. The predicted molar refractivity (Wildman–Crippen MR) is 87.6 cm³/mol. The number of methoxy groups -OCH3 is 2. The van der Waals surface area contributed by atoms with Gasteiger partial charge in [0.2, 0.25) is 0 Å². The van der Waals surface area contributed by atoms with E-state index in [1.54, 1.807) is 14.2 Å². The molecule has 0 amide bonds. The van der Waals surface area contributed by atoms with Gasteiger partial charge in [-0.15, -0.1) is 0 Å². The van der Waals surface area contributed by atoms with Crippen molar-refractivity contribution in [1.29, 1.82) is 0 Å². The predicted octanol–water partition coefficient (Wildman–Crippen LogP) is 4.79. The Hall–Kier alpha value is -2.22. The van der Waals surface area contributed by atoms with Gasteiger partial charge in [-0.25, -0.2) is 0 Å². The van der Waals surface area contributed by atoms with Crippen LogP contribution >= 0.6 is 0 Å². The van der Waals surface area contributed by atoms with Crippen LogP contribution in [0.25, 0.3) is 5.76 Å². The summed E-state index contributed by atoms with van der Waals surface area (Å²) in [5.41, 5.74) is 3.52. The standard InChI is InChI=1S/C19H22O2/c1-14(16-8-6-5-7-9-16)13-19(21-4)18-11-10-17(20-3)12-15(18)2/h5-14H,1-4H3/b19-13+. The molecule has 21 heavy (non-hydrogen) atoms. The fourth-order valence-corrected chi connectivity index (χ4v) is 2.39. The summed E-state index contributed by atoms with van der Waals surface area (Å²) in [5, 5.41) is 0. The van der Waals surface area contributed by atoms with E-state index in [0.29, 0.717) is 5.92 Å². The molecule has 0 saturated heterocycles. The summed E-state index contributed by atoms with van der Waals surface area (Å²) in [5.74, 6) is 2.05. The van der Waals surface area contributed by atoms with Gasteiger partial charge in [0.1, 0.15) is 11.5 Å². The zero-order chi connectivity index (χ0) is 15.2. The van der Waals surface area contributed by atoms with E-state index >= 15 is 0 Å². The molecule has 2 rings (SSSR count).